The molecule has 1 unspecified atom stereocenters. The van der Waals surface area contributed by atoms with Gasteiger partial charge in [0.2, 0.25) is 27.6 Å². The predicted octanol–water partition coefficient (Wildman–Crippen LogP) is 2.11. The van der Waals surface area contributed by atoms with Crippen LogP contribution in [0.15, 0.2) is 29.2 Å². The van der Waals surface area contributed by atoms with Gasteiger partial charge < -0.3 is 19.7 Å². The van der Waals surface area contributed by atoms with E-state index in [-0.39, 0.29) is 18.2 Å². The van der Waals surface area contributed by atoms with Crippen molar-refractivity contribution in [1.82, 2.24) is 9.88 Å². The number of aromatic nitrogens is 1. The second-order valence-corrected chi connectivity index (χ2v) is 10.7. The van der Waals surface area contributed by atoms with Gasteiger partial charge in [0.15, 0.2) is 23.2 Å². The largest absolute Gasteiger partial charge is 0.481 e. The van der Waals surface area contributed by atoms with Gasteiger partial charge in [-0.1, -0.05) is 6.92 Å². The average molecular weight is 580 g/mol. The molecule has 11 nitrogen and oxygen atoms in total. The Hall–Kier alpha value is -3.95. The number of hydrogen-bond donors (Lipinski definition) is 3. The van der Waals surface area contributed by atoms with Gasteiger partial charge in [-0.15, -0.1) is 0 Å². The van der Waals surface area contributed by atoms with E-state index in [4.69, 9.17) is 5.11 Å². The molecular weight excluding hydrogens is 554 g/mol. The number of nitrogens with one attached hydrogen (secondary N) is 2. The molecule has 214 valence electrons. The van der Waals surface area contributed by atoms with Crippen molar-refractivity contribution in [2.24, 2.45) is 0 Å². The molecule has 0 fully saturated rings. The first-order chi connectivity index (χ1) is 18.1. The van der Waals surface area contributed by atoms with Crippen molar-refractivity contribution in [3.05, 3.63) is 58.0 Å². The van der Waals surface area contributed by atoms with E-state index in [1.807, 2.05) is 0 Å². The van der Waals surface area contributed by atoms with Crippen molar-refractivity contribution in [2.75, 3.05) is 11.3 Å². The number of carboxylic acids is 1. The number of anilines is 1. The summed E-state index contributed by atoms with van der Waals surface area (Å²) in [6.45, 7) is 2.95. The third-order valence-corrected chi connectivity index (χ3v) is 7.13. The van der Waals surface area contributed by atoms with Crippen molar-refractivity contribution < 1.29 is 50.2 Å². The molecule has 16 heteroatoms. The normalized spacial score (nSPS) is 13.0. The summed E-state index contributed by atoms with van der Waals surface area (Å²) < 4.78 is 86.3. The number of pyridine rings is 1. The van der Waals surface area contributed by atoms with E-state index in [1.54, 1.807) is 0 Å². The first-order valence-electron chi connectivity index (χ1n) is 11.3. The highest BCUT2D eigenvalue weighted by atomic mass is 32.2. The smallest absolute Gasteiger partial charge is 0.305 e. The Balaban J connectivity index is 2.29. The van der Waals surface area contributed by atoms with Gasteiger partial charge in [-0.05, 0) is 32.4 Å². The third-order valence-electron chi connectivity index (χ3n) is 5.39. The molecule has 2 rings (SSSR count). The molecule has 39 heavy (non-hydrogen) atoms. The summed E-state index contributed by atoms with van der Waals surface area (Å²) in [7, 11) is -3.92. The molecule has 2 aromatic rings. The second kappa shape index (κ2) is 12.7. The number of carbonyl (C=O) groups is 3. The number of ketones is 1. The lowest BCUT2D eigenvalue weighted by atomic mass is 10.1. The van der Waals surface area contributed by atoms with Gasteiger partial charge in [0.05, 0.1) is 11.7 Å². The van der Waals surface area contributed by atoms with Gasteiger partial charge in [0.1, 0.15) is 24.4 Å². The van der Waals surface area contributed by atoms with E-state index in [2.05, 4.69) is 14.8 Å². The standard InChI is InChI=1S/C23H25F4N3O8S/c1-4-16(30-7-5-6-14(23(30)35)29-39(36,37)11(2)3)22(34)28-15(9-18(32)33)17(31)10-38-21-19(26)12(24)8-13(25)20(21)27/h5-8,11,15-16,29H,4,9-10H2,1-3H3,(H,28,34)(H,32,33)/t15?,16-/m0/s1. The predicted molar refractivity (Wildman–Crippen MR) is 129 cm³/mol. The Kier molecular flexibility index (Phi) is 10.2. The van der Waals surface area contributed by atoms with Crippen LogP contribution in [0.2, 0.25) is 0 Å². The number of sulfonamides is 1. The zero-order valence-electron chi connectivity index (χ0n) is 20.8. The Morgan fingerprint density at radius 1 is 1.10 bits per heavy atom. The highest BCUT2D eigenvalue weighted by molar-refractivity contribution is 7.93. The molecule has 0 aliphatic rings. The third kappa shape index (κ3) is 7.55. The van der Waals surface area contributed by atoms with Crippen LogP contribution in [0.5, 0.6) is 5.75 Å². The molecule has 3 N–H and O–H groups in total. The number of benzene rings is 1. The van der Waals surface area contributed by atoms with Crippen LogP contribution in [0.4, 0.5) is 23.2 Å². The van der Waals surface area contributed by atoms with Gasteiger partial charge in [-0.2, -0.15) is 8.78 Å². The zero-order chi connectivity index (χ0) is 29.7. The lowest BCUT2D eigenvalue weighted by Gasteiger charge is -2.22. The lowest BCUT2D eigenvalue weighted by molar-refractivity contribution is -0.140. The number of hydrogen-bond acceptors (Lipinski definition) is 7. The molecule has 1 aromatic heterocycles. The van der Waals surface area contributed by atoms with Gasteiger partial charge in [-0.3, -0.25) is 23.9 Å². The Morgan fingerprint density at radius 2 is 1.69 bits per heavy atom. The number of rotatable bonds is 13. The van der Waals surface area contributed by atoms with Gasteiger partial charge in [0, 0.05) is 12.3 Å². The van der Waals surface area contributed by atoms with E-state index >= 15 is 0 Å². The lowest BCUT2D eigenvalue weighted by Crippen LogP contribution is -2.48. The van der Waals surface area contributed by atoms with Gasteiger partial charge in [0.25, 0.3) is 5.56 Å². The average Bonchev–Trinajstić information content (AvgIpc) is 2.84. The minimum absolute atomic E-state index is 0.0738. The fraction of sp³-hybridized carbons (Fsp3) is 0.391. The SMILES string of the molecule is CC[C@@H](C(=O)NC(CC(=O)O)C(=O)COc1c(F)c(F)cc(F)c1F)n1cccc(NS(=O)(=O)C(C)C)c1=O. The molecule has 0 bridgehead atoms. The van der Waals surface area contributed by atoms with Crippen LogP contribution in [0.1, 0.15) is 39.7 Å². The maximum atomic E-state index is 13.8. The summed E-state index contributed by atoms with van der Waals surface area (Å²) in [5.41, 5.74) is -1.28. The van der Waals surface area contributed by atoms with Gasteiger partial charge in [-0.25, -0.2) is 17.2 Å². The Bertz CT molecular complexity index is 1400. The first-order valence-corrected chi connectivity index (χ1v) is 12.9. The summed E-state index contributed by atoms with van der Waals surface area (Å²) >= 11 is 0. The highest BCUT2D eigenvalue weighted by Crippen LogP contribution is 2.26. The molecule has 0 aliphatic carbocycles. The second-order valence-electron chi connectivity index (χ2n) is 8.47. The van der Waals surface area contributed by atoms with E-state index in [0.29, 0.717) is 0 Å². The Labute approximate surface area is 219 Å². The van der Waals surface area contributed by atoms with Crippen molar-refractivity contribution in [1.29, 1.82) is 0 Å². The van der Waals surface area contributed by atoms with E-state index in [9.17, 15) is 45.2 Å². The van der Waals surface area contributed by atoms with Crippen LogP contribution in [0, 0.1) is 23.3 Å². The molecular formula is C23H25F4N3O8S. The number of aliphatic carboxylic acids is 1. The van der Waals surface area contributed by atoms with Crippen LogP contribution < -0.4 is 20.3 Å². The minimum Gasteiger partial charge on any atom is -0.481 e. The molecule has 0 saturated carbocycles. The number of carbonyl (C=O) groups excluding carboxylic acids is 2. The number of carboxylic acid groups (broad SMARTS) is 1. The van der Waals surface area contributed by atoms with Crippen LogP contribution in [0.3, 0.4) is 0 Å². The molecule has 0 spiro atoms. The van der Waals surface area contributed by atoms with Crippen LogP contribution in [-0.2, 0) is 24.4 Å². The minimum atomic E-state index is -3.92. The molecule has 1 heterocycles. The summed E-state index contributed by atoms with van der Waals surface area (Å²) in [6.07, 6.45) is 0.0794. The quantitative estimate of drug-likeness (QED) is 0.240. The maximum Gasteiger partial charge on any atom is 0.305 e. The summed E-state index contributed by atoms with van der Waals surface area (Å²) in [5.74, 6) is -12.9. The maximum absolute atomic E-state index is 13.8. The van der Waals surface area contributed by atoms with Crippen molar-refractivity contribution in [3.8, 4) is 5.75 Å². The molecule has 1 aromatic carbocycles. The van der Waals surface area contributed by atoms with E-state index < -0.39 is 92.6 Å². The number of ether oxygens (including phenoxy) is 1. The summed E-state index contributed by atoms with van der Waals surface area (Å²) in [4.78, 5) is 49.7. The molecule has 1 amide bonds. The number of halogens is 4. The number of nitrogens with zero attached hydrogens (tertiary/aromatic N) is 1. The zero-order valence-corrected chi connectivity index (χ0v) is 21.7. The number of Topliss-reactive ketones (excluding diaryl/α,β-unsaturated/α-hetero) is 1. The van der Waals surface area contributed by atoms with Crippen LogP contribution in [0.25, 0.3) is 0 Å². The van der Waals surface area contributed by atoms with Crippen LogP contribution in [-0.4, -0.2) is 53.6 Å². The molecule has 0 saturated heterocycles. The monoisotopic (exact) mass is 579 g/mol. The van der Waals surface area contributed by atoms with Crippen molar-refractivity contribution in [3.63, 3.8) is 0 Å². The molecule has 0 aliphatic heterocycles. The van der Waals surface area contributed by atoms with E-state index in [1.165, 1.54) is 39.1 Å². The molecule has 0 radical (unpaired) electrons. The Morgan fingerprint density at radius 3 is 2.21 bits per heavy atom. The summed E-state index contributed by atoms with van der Waals surface area (Å²) in [6, 6.07) is -0.817. The van der Waals surface area contributed by atoms with E-state index in [0.717, 1.165) is 4.57 Å². The van der Waals surface area contributed by atoms with Crippen LogP contribution >= 0.6 is 0 Å². The van der Waals surface area contributed by atoms with Gasteiger partial charge >= 0.3 is 5.97 Å². The number of amides is 1. The van der Waals surface area contributed by atoms with Crippen molar-refractivity contribution in [2.45, 2.75) is 50.9 Å². The van der Waals surface area contributed by atoms with Crippen molar-refractivity contribution >= 4 is 33.4 Å². The fourth-order valence-electron chi connectivity index (χ4n) is 3.22. The topological polar surface area (TPSA) is 161 Å². The highest BCUT2D eigenvalue weighted by Gasteiger charge is 2.30. The fourth-order valence-corrected chi connectivity index (χ4v) is 3.92. The first kappa shape index (κ1) is 31.3. The summed E-state index contributed by atoms with van der Waals surface area (Å²) in [5, 5.41) is 10.4. The molecule has 2 atom stereocenters.